The predicted molar refractivity (Wildman–Crippen MR) is 135 cm³/mol. The van der Waals surface area contributed by atoms with Crippen LogP contribution in [0, 0.1) is 13.8 Å². The summed E-state index contributed by atoms with van der Waals surface area (Å²) in [4.78, 5) is 24.5. The van der Waals surface area contributed by atoms with Crippen LogP contribution in [-0.2, 0) is 4.79 Å². The van der Waals surface area contributed by atoms with E-state index < -0.39 is 0 Å². The molecule has 0 spiro atoms. The normalized spacial score (nSPS) is 22.0. The summed E-state index contributed by atoms with van der Waals surface area (Å²) < 4.78 is 1.84. The standard InChI is InChI=1S/C27H32N6O/c1-18-13-23(31-11-9-22(10-12-31)30(4)5)17-32-25(18)8-6-7-21(14-27(32)34)24-15-26-20(3)28-19(2)16-33(26)29-24/h6-8,13-17,22H,9-12H2,1-5H3/b7-6+,21-14+,25-8?. The minimum atomic E-state index is -0.0678. The monoisotopic (exact) mass is 456 g/mol. The molecular weight excluding hydrogens is 424 g/mol. The Bertz CT molecular complexity index is 1300. The van der Waals surface area contributed by atoms with Crippen LogP contribution in [0.1, 0.15) is 36.8 Å². The lowest BCUT2D eigenvalue weighted by Crippen LogP contribution is -2.42. The predicted octanol–water partition coefficient (Wildman–Crippen LogP) is 3.84. The molecule has 0 saturated carbocycles. The van der Waals surface area contributed by atoms with Crippen LogP contribution in [0.5, 0.6) is 0 Å². The lowest BCUT2D eigenvalue weighted by molar-refractivity contribution is -0.122. The Balaban J connectivity index is 1.46. The van der Waals surface area contributed by atoms with Gasteiger partial charge in [-0.2, -0.15) is 5.10 Å². The third kappa shape index (κ3) is 4.12. The van der Waals surface area contributed by atoms with E-state index in [0.29, 0.717) is 6.04 Å². The molecule has 5 heterocycles. The second-order valence-corrected chi connectivity index (χ2v) is 9.61. The lowest BCUT2D eigenvalue weighted by atomic mass is 10.0. The number of amides is 1. The number of carbonyl (C=O) groups is 1. The fourth-order valence-electron chi connectivity index (χ4n) is 5.02. The molecule has 1 saturated heterocycles. The van der Waals surface area contributed by atoms with Crippen molar-refractivity contribution in [3.05, 3.63) is 82.9 Å². The molecule has 0 bridgehead atoms. The van der Waals surface area contributed by atoms with Crippen molar-refractivity contribution in [2.24, 2.45) is 0 Å². The molecule has 0 aliphatic carbocycles. The van der Waals surface area contributed by atoms with Gasteiger partial charge < -0.3 is 9.80 Å². The summed E-state index contributed by atoms with van der Waals surface area (Å²) in [6, 6.07) is 2.61. The summed E-state index contributed by atoms with van der Waals surface area (Å²) in [5.41, 5.74) is 7.43. The van der Waals surface area contributed by atoms with Gasteiger partial charge in [-0.1, -0.05) is 12.2 Å². The van der Waals surface area contributed by atoms with E-state index in [1.807, 2.05) is 55.1 Å². The van der Waals surface area contributed by atoms with Gasteiger partial charge in [-0.3, -0.25) is 14.7 Å². The van der Waals surface area contributed by atoms with Gasteiger partial charge in [0.25, 0.3) is 5.91 Å². The van der Waals surface area contributed by atoms with Crippen LogP contribution in [0.25, 0.3) is 11.1 Å². The van der Waals surface area contributed by atoms with Crippen LogP contribution in [-0.4, -0.2) is 68.4 Å². The Hall–Kier alpha value is -3.45. The van der Waals surface area contributed by atoms with E-state index in [0.717, 1.165) is 71.1 Å². The van der Waals surface area contributed by atoms with Crippen LogP contribution in [0.4, 0.5) is 0 Å². The Morgan fingerprint density at radius 3 is 2.59 bits per heavy atom. The van der Waals surface area contributed by atoms with Gasteiger partial charge in [0, 0.05) is 37.0 Å². The van der Waals surface area contributed by atoms with Crippen molar-refractivity contribution in [2.75, 3.05) is 27.2 Å². The number of hydrogen-bond acceptors (Lipinski definition) is 5. The summed E-state index contributed by atoms with van der Waals surface area (Å²) in [5.74, 6) is -0.0678. The van der Waals surface area contributed by atoms with E-state index in [1.165, 1.54) is 0 Å². The zero-order valence-corrected chi connectivity index (χ0v) is 20.6. The van der Waals surface area contributed by atoms with E-state index in [9.17, 15) is 4.79 Å². The molecule has 2 aromatic heterocycles. The highest BCUT2D eigenvalue weighted by atomic mass is 16.2. The van der Waals surface area contributed by atoms with Crippen molar-refractivity contribution in [3.8, 4) is 0 Å². The van der Waals surface area contributed by atoms with Gasteiger partial charge in [0.15, 0.2) is 0 Å². The van der Waals surface area contributed by atoms with E-state index in [-0.39, 0.29) is 5.91 Å². The number of nitrogens with zero attached hydrogens (tertiary/aromatic N) is 6. The number of rotatable bonds is 3. The third-order valence-corrected chi connectivity index (χ3v) is 6.95. The molecule has 176 valence electrons. The fourth-order valence-corrected chi connectivity index (χ4v) is 5.02. The largest absolute Gasteiger partial charge is 0.370 e. The quantitative estimate of drug-likeness (QED) is 0.703. The van der Waals surface area contributed by atoms with Gasteiger partial charge in [0.05, 0.1) is 40.2 Å². The Labute approximate surface area is 201 Å². The molecule has 3 aliphatic heterocycles. The summed E-state index contributed by atoms with van der Waals surface area (Å²) in [6.45, 7) is 8.00. The van der Waals surface area contributed by atoms with Gasteiger partial charge in [-0.25, -0.2) is 4.52 Å². The maximum atomic E-state index is 13.5. The van der Waals surface area contributed by atoms with E-state index in [2.05, 4.69) is 41.9 Å². The molecule has 34 heavy (non-hydrogen) atoms. The SMILES string of the molecule is CC1=CC(N2CCC(N(C)C)CC2)=CN2C(=O)/C=C(c3cc4c(C)nc(C)cn4n3)\C=C\C=C12. The summed E-state index contributed by atoms with van der Waals surface area (Å²) in [6.07, 6.45) is 16.0. The number of carbonyl (C=O) groups excluding carboxylic acids is 1. The number of hydrogen-bond donors (Lipinski definition) is 0. The number of aromatic nitrogens is 3. The van der Waals surface area contributed by atoms with Crippen LogP contribution in [0.15, 0.2) is 65.8 Å². The lowest BCUT2D eigenvalue weighted by Gasteiger charge is -2.39. The van der Waals surface area contributed by atoms with E-state index in [1.54, 1.807) is 11.0 Å². The minimum Gasteiger partial charge on any atom is -0.370 e. The second kappa shape index (κ2) is 8.72. The number of likely N-dealkylation sites (tertiary alicyclic amines) is 1. The maximum absolute atomic E-state index is 13.5. The van der Waals surface area contributed by atoms with Crippen molar-refractivity contribution in [1.82, 2.24) is 29.3 Å². The first-order valence-electron chi connectivity index (χ1n) is 11.9. The zero-order chi connectivity index (χ0) is 24.0. The van der Waals surface area contributed by atoms with Gasteiger partial charge in [-0.15, -0.1) is 0 Å². The van der Waals surface area contributed by atoms with Gasteiger partial charge in [0.2, 0.25) is 0 Å². The first-order chi connectivity index (χ1) is 16.3. The highest BCUT2D eigenvalue weighted by molar-refractivity contribution is 5.99. The van der Waals surface area contributed by atoms with Crippen LogP contribution < -0.4 is 0 Å². The van der Waals surface area contributed by atoms with Crippen LogP contribution >= 0.6 is 0 Å². The molecule has 7 nitrogen and oxygen atoms in total. The summed E-state index contributed by atoms with van der Waals surface area (Å²) in [7, 11) is 4.30. The minimum absolute atomic E-state index is 0.0678. The summed E-state index contributed by atoms with van der Waals surface area (Å²) >= 11 is 0. The highest BCUT2D eigenvalue weighted by Gasteiger charge is 2.27. The topological polar surface area (TPSA) is 57.0 Å². The molecule has 5 rings (SSSR count). The molecule has 0 radical (unpaired) electrons. The molecule has 0 N–H and O–H groups in total. The number of fused-ring (bicyclic) bond motifs is 2. The third-order valence-electron chi connectivity index (χ3n) is 6.95. The van der Waals surface area contributed by atoms with Gasteiger partial charge >= 0.3 is 0 Å². The molecule has 1 fully saturated rings. The molecule has 0 aromatic carbocycles. The number of allylic oxidation sites excluding steroid dienone is 6. The second-order valence-electron chi connectivity index (χ2n) is 9.61. The van der Waals surface area contributed by atoms with E-state index in [4.69, 9.17) is 5.10 Å². The molecule has 7 heteroatoms. The average Bonchev–Trinajstić information content (AvgIpc) is 3.22. The average molecular weight is 457 g/mol. The maximum Gasteiger partial charge on any atom is 0.255 e. The van der Waals surface area contributed by atoms with E-state index >= 15 is 0 Å². The Morgan fingerprint density at radius 2 is 1.85 bits per heavy atom. The molecule has 1 amide bonds. The number of aryl methyl sites for hydroxylation is 2. The molecule has 0 atom stereocenters. The van der Waals surface area contributed by atoms with Crippen LogP contribution in [0.3, 0.4) is 0 Å². The van der Waals surface area contributed by atoms with Crippen LogP contribution in [0.2, 0.25) is 0 Å². The zero-order valence-electron chi connectivity index (χ0n) is 20.6. The molecule has 3 aliphatic rings. The van der Waals surface area contributed by atoms with Crippen molar-refractivity contribution in [3.63, 3.8) is 0 Å². The van der Waals surface area contributed by atoms with Gasteiger partial charge in [0.1, 0.15) is 0 Å². The number of piperidine rings is 1. The first kappa shape index (κ1) is 22.3. The van der Waals surface area contributed by atoms with Crippen molar-refractivity contribution in [1.29, 1.82) is 0 Å². The summed E-state index contributed by atoms with van der Waals surface area (Å²) in [5, 5.41) is 4.72. The van der Waals surface area contributed by atoms with Crippen molar-refractivity contribution < 1.29 is 4.79 Å². The first-order valence-corrected chi connectivity index (χ1v) is 11.9. The Morgan fingerprint density at radius 1 is 1.09 bits per heavy atom. The highest BCUT2D eigenvalue weighted by Crippen LogP contribution is 2.30. The van der Waals surface area contributed by atoms with Gasteiger partial charge in [-0.05, 0) is 71.5 Å². The fraction of sp³-hybridized carbons (Fsp3) is 0.370. The van der Waals surface area contributed by atoms with Crippen molar-refractivity contribution in [2.45, 2.75) is 39.7 Å². The molecule has 2 aromatic rings. The Kier molecular flexibility index (Phi) is 5.73. The molecular formula is C27H32N6O. The van der Waals surface area contributed by atoms with Crippen molar-refractivity contribution >= 4 is 17.0 Å². The molecule has 0 unspecified atom stereocenters. The smallest absolute Gasteiger partial charge is 0.255 e.